The third kappa shape index (κ3) is 7.05. The molecular formula is C20H20O6. The molecule has 1 aliphatic rings. The first-order valence-electron chi connectivity index (χ1n) is 7.77. The quantitative estimate of drug-likeness (QED) is 0.638. The summed E-state index contributed by atoms with van der Waals surface area (Å²) in [7, 11) is 0. The molecule has 0 saturated carbocycles. The molecule has 0 aliphatic heterocycles. The number of aliphatic carboxylic acids is 2. The fraction of sp³-hybridized carbons (Fsp3) is 0.250. The summed E-state index contributed by atoms with van der Waals surface area (Å²) >= 11 is 0. The van der Waals surface area contributed by atoms with Crippen LogP contribution in [0.15, 0.2) is 54.1 Å². The maximum atomic E-state index is 12.1. The summed E-state index contributed by atoms with van der Waals surface area (Å²) in [6, 6.07) is 9.39. The third-order valence-electron chi connectivity index (χ3n) is 3.34. The summed E-state index contributed by atoms with van der Waals surface area (Å²) in [5.41, 5.74) is 0.0763. The highest BCUT2D eigenvalue weighted by atomic mass is 16.5. The van der Waals surface area contributed by atoms with Crippen LogP contribution < -0.4 is 0 Å². The van der Waals surface area contributed by atoms with Gasteiger partial charge in [0.25, 0.3) is 5.97 Å². The van der Waals surface area contributed by atoms with Crippen molar-refractivity contribution in [3.63, 3.8) is 0 Å². The van der Waals surface area contributed by atoms with Gasteiger partial charge in [0.1, 0.15) is 0 Å². The van der Waals surface area contributed by atoms with Crippen molar-refractivity contribution in [2.75, 3.05) is 6.61 Å². The van der Waals surface area contributed by atoms with E-state index in [1.54, 1.807) is 19.1 Å². The van der Waals surface area contributed by atoms with Gasteiger partial charge in [-0.15, -0.1) is 0 Å². The van der Waals surface area contributed by atoms with Crippen molar-refractivity contribution in [3.8, 4) is 11.8 Å². The summed E-state index contributed by atoms with van der Waals surface area (Å²) in [5, 5.41) is 16.4. The summed E-state index contributed by atoms with van der Waals surface area (Å²) in [6.45, 7) is 2.72. The molecule has 0 amide bonds. The lowest BCUT2D eigenvalue weighted by atomic mass is 9.80. The highest BCUT2D eigenvalue weighted by Crippen LogP contribution is 2.32. The largest absolute Gasteiger partial charge is 0.481 e. The molecule has 1 unspecified atom stereocenters. The molecule has 1 aliphatic carbocycles. The highest BCUT2D eigenvalue weighted by molar-refractivity contribution is 5.90. The van der Waals surface area contributed by atoms with Crippen molar-refractivity contribution < 1.29 is 29.3 Å². The fourth-order valence-corrected chi connectivity index (χ4v) is 2.10. The monoisotopic (exact) mass is 356 g/mol. The van der Waals surface area contributed by atoms with Crippen molar-refractivity contribution in [1.29, 1.82) is 0 Å². The SMILES string of the molecule is CC(=O)O.CC1(C(=O)OCC#Cc2ccccc2)C=CC=C(C(=O)O)C1. The highest BCUT2D eigenvalue weighted by Gasteiger charge is 2.36. The van der Waals surface area contributed by atoms with Gasteiger partial charge < -0.3 is 14.9 Å². The van der Waals surface area contributed by atoms with Crippen LogP contribution in [0.1, 0.15) is 25.8 Å². The smallest absolute Gasteiger partial charge is 0.331 e. The average molecular weight is 356 g/mol. The molecular weight excluding hydrogens is 336 g/mol. The summed E-state index contributed by atoms with van der Waals surface area (Å²) in [5.74, 6) is 3.34. The van der Waals surface area contributed by atoms with Gasteiger partial charge in [-0.2, -0.15) is 0 Å². The maximum absolute atomic E-state index is 12.1. The lowest BCUT2D eigenvalue weighted by molar-refractivity contribution is -0.150. The van der Waals surface area contributed by atoms with Crippen LogP contribution in [0.4, 0.5) is 0 Å². The summed E-state index contributed by atoms with van der Waals surface area (Å²) in [6.07, 6.45) is 4.84. The van der Waals surface area contributed by atoms with Crippen molar-refractivity contribution in [1.82, 2.24) is 0 Å². The molecule has 2 rings (SSSR count). The molecule has 26 heavy (non-hydrogen) atoms. The van der Waals surface area contributed by atoms with E-state index in [9.17, 15) is 9.59 Å². The van der Waals surface area contributed by atoms with Crippen molar-refractivity contribution in [2.45, 2.75) is 20.3 Å². The first-order valence-corrected chi connectivity index (χ1v) is 7.77. The van der Waals surface area contributed by atoms with E-state index >= 15 is 0 Å². The van der Waals surface area contributed by atoms with Crippen LogP contribution in [0.5, 0.6) is 0 Å². The van der Waals surface area contributed by atoms with Gasteiger partial charge in [0, 0.05) is 18.1 Å². The Morgan fingerprint density at radius 3 is 2.38 bits per heavy atom. The van der Waals surface area contributed by atoms with Crippen LogP contribution in [0.2, 0.25) is 0 Å². The molecule has 1 aromatic rings. The number of esters is 1. The van der Waals surface area contributed by atoms with Crippen LogP contribution >= 0.6 is 0 Å². The average Bonchev–Trinajstić information content (AvgIpc) is 2.59. The Morgan fingerprint density at radius 2 is 1.81 bits per heavy atom. The summed E-state index contributed by atoms with van der Waals surface area (Å²) in [4.78, 5) is 32.1. The number of hydrogen-bond acceptors (Lipinski definition) is 4. The lowest BCUT2D eigenvalue weighted by Crippen LogP contribution is -2.31. The zero-order valence-corrected chi connectivity index (χ0v) is 14.6. The minimum Gasteiger partial charge on any atom is -0.481 e. The van der Waals surface area contributed by atoms with Gasteiger partial charge in [-0.25, -0.2) is 4.79 Å². The van der Waals surface area contributed by atoms with Crippen LogP contribution in [0.3, 0.4) is 0 Å². The Hall–Kier alpha value is -3.33. The van der Waals surface area contributed by atoms with Crippen molar-refractivity contribution in [2.24, 2.45) is 5.41 Å². The molecule has 0 bridgehead atoms. The number of carboxylic acids is 2. The number of carbonyl (C=O) groups is 3. The molecule has 1 atom stereocenters. The van der Waals surface area contributed by atoms with Crippen molar-refractivity contribution >= 4 is 17.9 Å². The Bertz CT molecular complexity index is 776. The van der Waals surface area contributed by atoms with E-state index in [1.807, 2.05) is 30.3 Å². The summed E-state index contributed by atoms with van der Waals surface area (Å²) < 4.78 is 5.15. The van der Waals surface area contributed by atoms with E-state index in [1.165, 1.54) is 6.08 Å². The Labute approximate surface area is 151 Å². The van der Waals surface area contributed by atoms with Crippen molar-refractivity contribution in [3.05, 3.63) is 59.7 Å². The standard InChI is InChI=1S/C18H16O4.C2H4O2/c1-18(11-5-10-15(13-18)16(19)20)17(21)22-12-6-9-14-7-3-2-4-8-14;1-2(3)4/h2-5,7-8,10-11H,12-13H2,1H3,(H,19,20);1H3,(H,3,4). The van der Waals surface area contributed by atoms with Gasteiger partial charge in [-0.1, -0.05) is 48.3 Å². The van der Waals surface area contributed by atoms with Crippen LogP contribution in [0.25, 0.3) is 0 Å². The number of allylic oxidation sites excluding steroid dienone is 2. The zero-order valence-electron chi connectivity index (χ0n) is 14.6. The van der Waals surface area contributed by atoms with Gasteiger partial charge in [-0.3, -0.25) is 9.59 Å². The molecule has 0 heterocycles. The second-order valence-corrected chi connectivity index (χ2v) is 5.71. The Kier molecular flexibility index (Phi) is 7.84. The van der Waals surface area contributed by atoms with E-state index in [-0.39, 0.29) is 18.6 Å². The fourth-order valence-electron chi connectivity index (χ4n) is 2.10. The Morgan fingerprint density at radius 1 is 1.19 bits per heavy atom. The molecule has 136 valence electrons. The molecule has 0 radical (unpaired) electrons. The van der Waals surface area contributed by atoms with Crippen LogP contribution in [-0.2, 0) is 19.1 Å². The van der Waals surface area contributed by atoms with Gasteiger partial charge in [0.2, 0.25) is 0 Å². The number of carbonyl (C=O) groups excluding carboxylic acids is 1. The minimum absolute atomic E-state index is 0.0245. The van der Waals surface area contributed by atoms with Gasteiger partial charge in [0.05, 0.1) is 5.41 Å². The van der Waals surface area contributed by atoms with Gasteiger partial charge in [0.15, 0.2) is 6.61 Å². The van der Waals surface area contributed by atoms with Gasteiger partial charge in [-0.05, 0) is 25.5 Å². The van der Waals surface area contributed by atoms with E-state index in [0.29, 0.717) is 0 Å². The minimum atomic E-state index is -1.02. The first kappa shape index (κ1) is 20.7. The van der Waals surface area contributed by atoms with E-state index in [4.69, 9.17) is 19.7 Å². The van der Waals surface area contributed by atoms with E-state index in [2.05, 4.69) is 11.8 Å². The number of benzene rings is 1. The second kappa shape index (κ2) is 9.84. The lowest BCUT2D eigenvalue weighted by Gasteiger charge is -2.25. The Balaban J connectivity index is 0.000000765. The molecule has 0 aromatic heterocycles. The first-order chi connectivity index (χ1) is 12.2. The molecule has 6 nitrogen and oxygen atoms in total. The number of carboxylic acid groups (broad SMARTS) is 2. The third-order valence-corrected chi connectivity index (χ3v) is 3.34. The molecule has 0 saturated heterocycles. The number of rotatable bonds is 3. The predicted octanol–water partition coefficient (Wildman–Crippen LogP) is 2.65. The second-order valence-electron chi connectivity index (χ2n) is 5.71. The number of hydrogen-bond donors (Lipinski definition) is 2. The molecule has 2 N–H and O–H groups in total. The molecule has 0 fully saturated rings. The topological polar surface area (TPSA) is 101 Å². The molecule has 6 heteroatoms. The predicted molar refractivity (Wildman–Crippen MR) is 95.2 cm³/mol. The van der Waals surface area contributed by atoms with Crippen LogP contribution in [-0.4, -0.2) is 34.7 Å². The maximum Gasteiger partial charge on any atom is 0.331 e. The zero-order chi connectivity index (χ0) is 19.6. The number of ether oxygens (including phenoxy) is 1. The normalized spacial score (nSPS) is 17.5. The van der Waals surface area contributed by atoms with E-state index < -0.39 is 23.3 Å². The van der Waals surface area contributed by atoms with E-state index in [0.717, 1.165) is 12.5 Å². The molecule has 0 spiro atoms. The molecule has 1 aromatic carbocycles. The van der Waals surface area contributed by atoms with Gasteiger partial charge >= 0.3 is 11.9 Å². The van der Waals surface area contributed by atoms with Crippen LogP contribution in [0, 0.1) is 17.3 Å².